The first kappa shape index (κ1) is 25.5. The fourth-order valence-corrected chi connectivity index (χ4v) is 6.38. The van der Waals surface area contributed by atoms with E-state index in [2.05, 4.69) is 14.9 Å². The number of amides is 1. The molecule has 1 atom stereocenters. The van der Waals surface area contributed by atoms with Crippen LogP contribution in [-0.4, -0.2) is 75.7 Å². The zero-order chi connectivity index (χ0) is 23.0. The number of benzene rings is 1. The highest BCUT2D eigenvalue weighted by Crippen LogP contribution is 2.34. The summed E-state index contributed by atoms with van der Waals surface area (Å²) >= 11 is 1.60. The fourth-order valence-electron chi connectivity index (χ4n) is 4.68. The third kappa shape index (κ3) is 6.70. The summed E-state index contributed by atoms with van der Waals surface area (Å²) in [6.07, 6.45) is 8.05. The molecule has 7 nitrogen and oxygen atoms in total. The Bertz CT molecular complexity index is 833. The van der Waals surface area contributed by atoms with Crippen molar-refractivity contribution in [1.82, 2.24) is 14.9 Å². The highest BCUT2D eigenvalue weighted by Gasteiger charge is 2.39. The van der Waals surface area contributed by atoms with E-state index in [1.54, 1.807) is 36.0 Å². The average molecular weight is 484 g/mol. The summed E-state index contributed by atoms with van der Waals surface area (Å²) in [5, 5.41) is 3.13. The molecule has 1 amide bonds. The van der Waals surface area contributed by atoms with Crippen molar-refractivity contribution in [3.63, 3.8) is 0 Å². The Morgan fingerprint density at radius 1 is 1.16 bits per heavy atom. The van der Waals surface area contributed by atoms with Gasteiger partial charge in [0, 0.05) is 25.2 Å². The van der Waals surface area contributed by atoms with Gasteiger partial charge < -0.3 is 10.1 Å². The summed E-state index contributed by atoms with van der Waals surface area (Å²) in [6.45, 7) is 5.67. The molecule has 9 heteroatoms. The highest BCUT2D eigenvalue weighted by molar-refractivity contribution is 7.98. The van der Waals surface area contributed by atoms with Gasteiger partial charge in [0.05, 0.1) is 18.1 Å². The van der Waals surface area contributed by atoms with Crippen LogP contribution in [0.1, 0.15) is 44.1 Å². The first-order valence-corrected chi connectivity index (χ1v) is 14.4. The van der Waals surface area contributed by atoms with Gasteiger partial charge in [0.2, 0.25) is 15.9 Å². The van der Waals surface area contributed by atoms with Gasteiger partial charge >= 0.3 is 0 Å². The molecule has 0 spiro atoms. The van der Waals surface area contributed by atoms with Gasteiger partial charge in [0.25, 0.3) is 0 Å². The smallest absolute Gasteiger partial charge is 0.241 e. The summed E-state index contributed by atoms with van der Waals surface area (Å²) in [4.78, 5) is 15.8. The maximum atomic E-state index is 13.2. The van der Waals surface area contributed by atoms with Crippen molar-refractivity contribution in [1.29, 1.82) is 0 Å². The Morgan fingerprint density at radius 3 is 2.44 bits per heavy atom. The standard InChI is InChI=1S/C23H37N3O4S2/c1-19-6-8-20(9-7-19)32(28,29)25-21(10-17-31-2)22(27)24-18-23(11-4-3-5-12-23)26-13-15-30-16-14-26/h6-9,21,25H,3-5,10-18H2,1-2H3,(H,24,27). The van der Waals surface area contributed by atoms with Crippen molar-refractivity contribution in [3.05, 3.63) is 29.8 Å². The molecule has 0 aromatic heterocycles. The number of hydrogen-bond donors (Lipinski definition) is 2. The van der Waals surface area contributed by atoms with Crippen molar-refractivity contribution in [2.75, 3.05) is 44.9 Å². The van der Waals surface area contributed by atoms with E-state index >= 15 is 0 Å². The molecule has 2 aliphatic rings. The lowest BCUT2D eigenvalue weighted by molar-refractivity contribution is -0.124. The normalized spacial score (nSPS) is 20.6. The van der Waals surface area contributed by atoms with E-state index in [-0.39, 0.29) is 16.3 Å². The van der Waals surface area contributed by atoms with Crippen molar-refractivity contribution in [2.45, 2.75) is 61.9 Å². The van der Waals surface area contributed by atoms with E-state index in [1.807, 2.05) is 13.2 Å². The van der Waals surface area contributed by atoms with Crippen LogP contribution < -0.4 is 10.0 Å². The van der Waals surface area contributed by atoms with Crippen LogP contribution in [0.4, 0.5) is 0 Å². The molecule has 1 aliphatic heterocycles. The maximum Gasteiger partial charge on any atom is 0.241 e. The van der Waals surface area contributed by atoms with Gasteiger partial charge in [-0.1, -0.05) is 37.0 Å². The second-order valence-electron chi connectivity index (χ2n) is 8.87. The van der Waals surface area contributed by atoms with Crippen molar-refractivity contribution in [3.8, 4) is 0 Å². The Balaban J connectivity index is 1.69. The number of nitrogens with zero attached hydrogens (tertiary/aromatic N) is 1. The minimum absolute atomic E-state index is 0.0580. The second kappa shape index (κ2) is 11.8. The lowest BCUT2D eigenvalue weighted by Gasteiger charge is -2.48. The second-order valence-corrected chi connectivity index (χ2v) is 11.6. The van der Waals surface area contributed by atoms with Crippen LogP contribution in [-0.2, 0) is 19.6 Å². The number of rotatable bonds is 10. The summed E-state index contributed by atoms with van der Waals surface area (Å²) in [5.74, 6) is 0.455. The van der Waals surface area contributed by atoms with Gasteiger partial charge in [-0.2, -0.15) is 16.5 Å². The molecule has 3 rings (SSSR count). The third-order valence-electron chi connectivity index (χ3n) is 6.61. The number of carbonyl (C=O) groups is 1. The molecule has 0 bridgehead atoms. The molecule has 2 fully saturated rings. The zero-order valence-corrected chi connectivity index (χ0v) is 20.9. The van der Waals surface area contributed by atoms with Gasteiger partial charge in [-0.15, -0.1) is 0 Å². The van der Waals surface area contributed by atoms with Crippen molar-refractivity contribution >= 4 is 27.7 Å². The Morgan fingerprint density at radius 2 is 1.81 bits per heavy atom. The molecule has 1 aromatic carbocycles. The van der Waals surface area contributed by atoms with Gasteiger partial charge in [0.15, 0.2) is 0 Å². The number of hydrogen-bond acceptors (Lipinski definition) is 6. The fraction of sp³-hybridized carbons (Fsp3) is 0.696. The molecule has 1 aromatic rings. The number of morpholine rings is 1. The number of nitrogens with one attached hydrogen (secondary N) is 2. The van der Waals surface area contributed by atoms with E-state index in [0.717, 1.165) is 57.6 Å². The number of thioether (sulfide) groups is 1. The Hall–Kier alpha value is -1.13. The predicted octanol–water partition coefficient (Wildman–Crippen LogP) is 2.55. The molecule has 180 valence electrons. The molecule has 1 saturated carbocycles. The Labute approximate surface area is 197 Å². The highest BCUT2D eigenvalue weighted by atomic mass is 32.2. The summed E-state index contributed by atoms with van der Waals surface area (Å²) in [5.41, 5.74) is 0.930. The maximum absolute atomic E-state index is 13.2. The van der Waals surface area contributed by atoms with Crippen LogP contribution in [0.5, 0.6) is 0 Å². The topological polar surface area (TPSA) is 87.7 Å². The third-order valence-corrected chi connectivity index (χ3v) is 8.75. The zero-order valence-electron chi connectivity index (χ0n) is 19.3. The summed E-state index contributed by atoms with van der Waals surface area (Å²) in [7, 11) is -3.78. The molecule has 1 unspecified atom stereocenters. The minimum Gasteiger partial charge on any atom is -0.379 e. The van der Waals surface area contributed by atoms with Gasteiger partial charge in [-0.25, -0.2) is 8.42 Å². The monoisotopic (exact) mass is 483 g/mol. The summed E-state index contributed by atoms with van der Waals surface area (Å²) in [6, 6.07) is 5.90. The van der Waals surface area contributed by atoms with Crippen LogP contribution in [0.2, 0.25) is 0 Å². The Kier molecular flexibility index (Phi) is 9.43. The lowest BCUT2D eigenvalue weighted by atomic mass is 9.79. The quantitative estimate of drug-likeness (QED) is 0.532. The molecular weight excluding hydrogens is 446 g/mol. The molecule has 2 N–H and O–H groups in total. The van der Waals surface area contributed by atoms with Gasteiger partial charge in [-0.05, 0) is 50.3 Å². The average Bonchev–Trinajstić information content (AvgIpc) is 2.81. The molecule has 1 saturated heterocycles. The molecule has 32 heavy (non-hydrogen) atoms. The van der Waals surface area contributed by atoms with Crippen LogP contribution in [0.25, 0.3) is 0 Å². The van der Waals surface area contributed by atoms with E-state index in [0.29, 0.717) is 18.7 Å². The number of carbonyl (C=O) groups excluding carboxylic acids is 1. The SMILES string of the molecule is CSCCC(NS(=O)(=O)c1ccc(C)cc1)C(=O)NCC1(N2CCOCC2)CCCCC1. The van der Waals surface area contributed by atoms with Crippen LogP contribution >= 0.6 is 11.8 Å². The van der Waals surface area contributed by atoms with Gasteiger partial charge in [-0.3, -0.25) is 9.69 Å². The molecule has 1 aliphatic carbocycles. The van der Waals surface area contributed by atoms with Crippen molar-refractivity contribution in [2.24, 2.45) is 0 Å². The number of ether oxygens (including phenoxy) is 1. The predicted molar refractivity (Wildman–Crippen MR) is 130 cm³/mol. The van der Waals surface area contributed by atoms with Crippen LogP contribution in [0.15, 0.2) is 29.2 Å². The lowest BCUT2D eigenvalue weighted by Crippen LogP contribution is -2.61. The van der Waals surface area contributed by atoms with E-state index in [9.17, 15) is 13.2 Å². The number of sulfonamides is 1. The van der Waals surface area contributed by atoms with E-state index in [1.165, 1.54) is 6.42 Å². The first-order chi connectivity index (χ1) is 15.4. The summed E-state index contributed by atoms with van der Waals surface area (Å²) < 4.78 is 34.0. The van der Waals surface area contributed by atoms with Crippen molar-refractivity contribution < 1.29 is 17.9 Å². The van der Waals surface area contributed by atoms with E-state index < -0.39 is 16.1 Å². The largest absolute Gasteiger partial charge is 0.379 e. The van der Waals surface area contributed by atoms with Crippen LogP contribution in [0, 0.1) is 6.92 Å². The first-order valence-electron chi connectivity index (χ1n) is 11.5. The van der Waals surface area contributed by atoms with Gasteiger partial charge in [0.1, 0.15) is 6.04 Å². The molecule has 1 heterocycles. The minimum atomic E-state index is -3.78. The molecule has 0 radical (unpaired) electrons. The van der Waals surface area contributed by atoms with E-state index in [4.69, 9.17) is 4.74 Å². The van der Waals surface area contributed by atoms with Crippen LogP contribution in [0.3, 0.4) is 0 Å². The molecular formula is C23H37N3O4S2. The number of aryl methyl sites for hydroxylation is 1.